The van der Waals surface area contributed by atoms with Gasteiger partial charge >= 0.3 is 0 Å². The second kappa shape index (κ2) is 9.50. The third-order valence-corrected chi connectivity index (χ3v) is 3.91. The van der Waals surface area contributed by atoms with Crippen LogP contribution in [0.15, 0.2) is 36.4 Å². The van der Waals surface area contributed by atoms with Gasteiger partial charge in [-0.2, -0.15) is 0 Å². The lowest BCUT2D eigenvalue weighted by Gasteiger charge is -2.14. The second-order valence-electron chi connectivity index (χ2n) is 5.27. The quantitative estimate of drug-likeness (QED) is 0.669. The molecular weight excluding hydrogens is 329 g/mol. The van der Waals surface area contributed by atoms with Crippen molar-refractivity contribution in [3.05, 3.63) is 58.4 Å². The van der Waals surface area contributed by atoms with Crippen LogP contribution in [0.4, 0.5) is 4.39 Å². The van der Waals surface area contributed by atoms with Gasteiger partial charge in [0.2, 0.25) is 0 Å². The van der Waals surface area contributed by atoms with E-state index in [0.29, 0.717) is 54.8 Å². The summed E-state index contributed by atoms with van der Waals surface area (Å²) in [6, 6.07) is 10.5. The summed E-state index contributed by atoms with van der Waals surface area (Å²) >= 11 is 6.32. The van der Waals surface area contributed by atoms with E-state index in [1.165, 1.54) is 6.07 Å². The summed E-state index contributed by atoms with van der Waals surface area (Å²) in [5.41, 5.74) is 1.63. The van der Waals surface area contributed by atoms with Crippen LogP contribution in [0.5, 0.6) is 11.5 Å². The summed E-state index contributed by atoms with van der Waals surface area (Å²) < 4.78 is 24.7. The molecule has 0 fully saturated rings. The molecule has 130 valence electrons. The molecule has 1 N–H and O–H groups in total. The standard InChI is InChI=1S/C19H23ClFNO2/c1-3-23-18-11-15(16(20)12-19(18)24-4-2)13-22-10-9-14-7-5-6-8-17(14)21/h5-8,11-12,22H,3-4,9-10,13H2,1-2H3. The van der Waals surface area contributed by atoms with E-state index in [4.69, 9.17) is 21.1 Å². The summed E-state index contributed by atoms with van der Waals surface area (Å²) in [4.78, 5) is 0. The van der Waals surface area contributed by atoms with Gasteiger partial charge in [-0.25, -0.2) is 4.39 Å². The molecule has 0 saturated carbocycles. The predicted molar refractivity (Wildman–Crippen MR) is 95.6 cm³/mol. The van der Waals surface area contributed by atoms with Gasteiger partial charge in [-0.1, -0.05) is 29.8 Å². The average Bonchev–Trinajstić information content (AvgIpc) is 2.57. The maximum atomic E-state index is 13.6. The predicted octanol–water partition coefficient (Wildman–Crippen LogP) is 4.61. The van der Waals surface area contributed by atoms with Gasteiger partial charge in [-0.15, -0.1) is 0 Å². The van der Waals surface area contributed by atoms with Gasteiger partial charge in [0.15, 0.2) is 11.5 Å². The highest BCUT2D eigenvalue weighted by Gasteiger charge is 2.11. The molecule has 0 saturated heterocycles. The van der Waals surface area contributed by atoms with Crippen molar-refractivity contribution in [3.8, 4) is 11.5 Å². The van der Waals surface area contributed by atoms with Crippen LogP contribution in [0.1, 0.15) is 25.0 Å². The van der Waals surface area contributed by atoms with Crippen LogP contribution < -0.4 is 14.8 Å². The Balaban J connectivity index is 1.96. The van der Waals surface area contributed by atoms with Crippen molar-refractivity contribution in [1.29, 1.82) is 0 Å². The first-order valence-electron chi connectivity index (χ1n) is 8.17. The molecule has 0 aliphatic carbocycles. The lowest BCUT2D eigenvalue weighted by atomic mass is 10.1. The van der Waals surface area contributed by atoms with Gasteiger partial charge in [0.05, 0.1) is 13.2 Å². The molecule has 0 radical (unpaired) electrons. The highest BCUT2D eigenvalue weighted by molar-refractivity contribution is 6.31. The zero-order chi connectivity index (χ0) is 17.4. The Morgan fingerprint density at radius 1 is 1.00 bits per heavy atom. The first kappa shape index (κ1) is 18.6. The largest absolute Gasteiger partial charge is 0.490 e. The third kappa shape index (κ3) is 5.11. The van der Waals surface area contributed by atoms with Crippen molar-refractivity contribution < 1.29 is 13.9 Å². The van der Waals surface area contributed by atoms with Gasteiger partial charge in [0, 0.05) is 17.6 Å². The van der Waals surface area contributed by atoms with E-state index in [9.17, 15) is 4.39 Å². The van der Waals surface area contributed by atoms with Crippen molar-refractivity contribution in [2.45, 2.75) is 26.8 Å². The van der Waals surface area contributed by atoms with Gasteiger partial charge in [-0.05, 0) is 50.1 Å². The number of hydrogen-bond donors (Lipinski definition) is 1. The fraction of sp³-hybridized carbons (Fsp3) is 0.368. The normalized spacial score (nSPS) is 10.7. The molecule has 0 atom stereocenters. The monoisotopic (exact) mass is 351 g/mol. The third-order valence-electron chi connectivity index (χ3n) is 3.56. The van der Waals surface area contributed by atoms with Crippen molar-refractivity contribution in [2.75, 3.05) is 19.8 Å². The van der Waals surface area contributed by atoms with E-state index >= 15 is 0 Å². The van der Waals surface area contributed by atoms with Crippen molar-refractivity contribution in [1.82, 2.24) is 5.32 Å². The highest BCUT2D eigenvalue weighted by atomic mass is 35.5. The van der Waals surface area contributed by atoms with Crippen molar-refractivity contribution in [2.24, 2.45) is 0 Å². The fourth-order valence-electron chi connectivity index (χ4n) is 2.40. The molecule has 2 aromatic rings. The van der Waals surface area contributed by atoms with Crippen LogP contribution in [-0.4, -0.2) is 19.8 Å². The Morgan fingerprint density at radius 3 is 2.33 bits per heavy atom. The van der Waals surface area contributed by atoms with E-state index < -0.39 is 0 Å². The molecule has 0 heterocycles. The molecular formula is C19H23ClFNO2. The van der Waals surface area contributed by atoms with Crippen LogP contribution in [0, 0.1) is 5.82 Å². The van der Waals surface area contributed by atoms with Gasteiger partial charge < -0.3 is 14.8 Å². The Hall–Kier alpha value is -1.78. The Labute approximate surface area is 147 Å². The van der Waals surface area contributed by atoms with E-state index in [2.05, 4.69) is 5.32 Å². The maximum Gasteiger partial charge on any atom is 0.162 e. The highest BCUT2D eigenvalue weighted by Crippen LogP contribution is 2.33. The number of benzene rings is 2. The summed E-state index contributed by atoms with van der Waals surface area (Å²) in [5.74, 6) is 1.17. The van der Waals surface area contributed by atoms with E-state index in [1.54, 1.807) is 18.2 Å². The van der Waals surface area contributed by atoms with Crippen molar-refractivity contribution in [3.63, 3.8) is 0 Å². The van der Waals surface area contributed by atoms with E-state index in [0.717, 1.165) is 5.56 Å². The topological polar surface area (TPSA) is 30.5 Å². The second-order valence-corrected chi connectivity index (χ2v) is 5.68. The average molecular weight is 352 g/mol. The maximum absolute atomic E-state index is 13.6. The SMILES string of the molecule is CCOc1cc(Cl)c(CNCCc2ccccc2F)cc1OCC. The van der Waals surface area contributed by atoms with Gasteiger partial charge in [-0.3, -0.25) is 0 Å². The molecule has 2 rings (SSSR count). The molecule has 0 bridgehead atoms. The minimum atomic E-state index is -0.169. The molecule has 0 aliphatic rings. The lowest BCUT2D eigenvalue weighted by molar-refractivity contribution is 0.287. The first-order valence-corrected chi connectivity index (χ1v) is 8.55. The fourth-order valence-corrected chi connectivity index (χ4v) is 2.62. The summed E-state index contributed by atoms with van der Waals surface area (Å²) in [6.45, 7) is 6.20. The number of nitrogens with one attached hydrogen (secondary N) is 1. The number of rotatable bonds is 9. The van der Waals surface area contributed by atoms with E-state index in [1.807, 2.05) is 26.0 Å². The molecule has 0 spiro atoms. The minimum absolute atomic E-state index is 0.169. The minimum Gasteiger partial charge on any atom is -0.490 e. The van der Waals surface area contributed by atoms with Crippen LogP contribution in [0.2, 0.25) is 5.02 Å². The molecule has 5 heteroatoms. The summed E-state index contributed by atoms with van der Waals surface area (Å²) in [7, 11) is 0. The lowest BCUT2D eigenvalue weighted by Crippen LogP contribution is -2.17. The smallest absolute Gasteiger partial charge is 0.162 e. The molecule has 2 aromatic carbocycles. The van der Waals surface area contributed by atoms with Gasteiger partial charge in [0.25, 0.3) is 0 Å². The zero-order valence-corrected chi connectivity index (χ0v) is 14.8. The molecule has 0 aliphatic heterocycles. The molecule has 3 nitrogen and oxygen atoms in total. The molecule has 0 amide bonds. The number of ether oxygens (including phenoxy) is 2. The Kier molecular flexibility index (Phi) is 7.35. The van der Waals surface area contributed by atoms with E-state index in [-0.39, 0.29) is 5.82 Å². The summed E-state index contributed by atoms with van der Waals surface area (Å²) in [6.07, 6.45) is 0.625. The first-order chi connectivity index (χ1) is 11.7. The van der Waals surface area contributed by atoms with Crippen LogP contribution >= 0.6 is 11.6 Å². The molecule has 0 aromatic heterocycles. The van der Waals surface area contributed by atoms with Crippen molar-refractivity contribution >= 4 is 11.6 Å². The molecule has 24 heavy (non-hydrogen) atoms. The number of hydrogen-bond acceptors (Lipinski definition) is 3. The number of halogens is 2. The summed E-state index contributed by atoms with van der Waals surface area (Å²) in [5, 5.41) is 3.92. The van der Waals surface area contributed by atoms with Crippen LogP contribution in [-0.2, 0) is 13.0 Å². The molecule has 0 unspecified atom stereocenters. The Bertz CT molecular complexity index is 664. The Morgan fingerprint density at radius 2 is 1.67 bits per heavy atom. The van der Waals surface area contributed by atoms with Crippen LogP contribution in [0.3, 0.4) is 0 Å². The van der Waals surface area contributed by atoms with Crippen LogP contribution in [0.25, 0.3) is 0 Å². The van der Waals surface area contributed by atoms with Gasteiger partial charge in [0.1, 0.15) is 5.82 Å². The zero-order valence-electron chi connectivity index (χ0n) is 14.1.